The van der Waals surface area contributed by atoms with Crippen molar-refractivity contribution < 1.29 is 9.47 Å². The highest BCUT2D eigenvalue weighted by atomic mass is 35.5. The summed E-state index contributed by atoms with van der Waals surface area (Å²) < 4.78 is 11.8. The van der Waals surface area contributed by atoms with Gasteiger partial charge in [-0.1, -0.05) is 11.6 Å². The number of aromatic nitrogens is 2. The van der Waals surface area contributed by atoms with E-state index in [9.17, 15) is 0 Å². The maximum atomic E-state index is 5.88. The third kappa shape index (κ3) is 2.88. The number of ether oxygens (including phenoxy) is 2. The average Bonchev–Trinajstić information content (AvgIpc) is 2.79. The molecule has 0 saturated carbocycles. The Labute approximate surface area is 114 Å². The summed E-state index contributed by atoms with van der Waals surface area (Å²) in [5.41, 5.74) is -0.662. The van der Waals surface area contributed by atoms with E-state index in [1.165, 1.54) is 0 Å². The van der Waals surface area contributed by atoms with Gasteiger partial charge in [-0.05, 0) is 24.5 Å². The highest BCUT2D eigenvalue weighted by Crippen LogP contribution is 2.34. The topological polar surface area (TPSA) is 44.2 Å². The van der Waals surface area contributed by atoms with E-state index < -0.39 is 5.60 Å². The highest BCUT2D eigenvalue weighted by molar-refractivity contribution is 8.22. The lowest BCUT2D eigenvalue weighted by Gasteiger charge is -2.27. The van der Waals surface area contributed by atoms with E-state index in [0.29, 0.717) is 46.8 Å². The molecule has 1 saturated heterocycles. The van der Waals surface area contributed by atoms with Crippen molar-refractivity contribution in [3.05, 3.63) is 23.2 Å². The molecule has 1 fully saturated rings. The molecule has 0 aromatic carbocycles. The molecule has 2 rings (SSSR count). The van der Waals surface area contributed by atoms with Crippen molar-refractivity contribution in [1.82, 2.24) is 9.97 Å². The summed E-state index contributed by atoms with van der Waals surface area (Å²) in [7, 11) is 0. The van der Waals surface area contributed by atoms with Crippen LogP contribution in [0.3, 0.4) is 0 Å². The summed E-state index contributed by atoms with van der Waals surface area (Å²) >= 11 is 11.5. The molecule has 1 unspecified atom stereocenters. The molecular formula is C10H13ClN2O2S2. The summed E-state index contributed by atoms with van der Waals surface area (Å²) in [6.07, 6.45) is 4.29. The van der Waals surface area contributed by atoms with Gasteiger partial charge in [-0.25, -0.2) is 9.97 Å². The third-order valence-corrected chi connectivity index (χ3v) is 3.92. The number of thiocarbonyl (C=S) groups is 1. The fourth-order valence-corrected chi connectivity index (χ4v) is 2.23. The van der Waals surface area contributed by atoms with Gasteiger partial charge in [-0.3, -0.25) is 0 Å². The van der Waals surface area contributed by atoms with Crippen LogP contribution in [0.5, 0.6) is 0 Å². The van der Waals surface area contributed by atoms with Crippen LogP contribution in [-0.2, 0) is 15.1 Å². The standard InChI is InChI=1S/C10H13ClN2O2S2/c1-17-9(16)15-10(3-5-14-6-10)8-12-4-2-7(11)13-8/h2,4H,3,5-6,17H2,1H3. The summed E-state index contributed by atoms with van der Waals surface area (Å²) in [4.78, 5) is 8.43. The van der Waals surface area contributed by atoms with Crippen LogP contribution in [0.1, 0.15) is 12.2 Å². The van der Waals surface area contributed by atoms with E-state index in [1.807, 2.05) is 6.26 Å². The summed E-state index contributed by atoms with van der Waals surface area (Å²) in [5.74, 6) is 0.545. The molecule has 0 N–H and O–H groups in total. The van der Waals surface area contributed by atoms with E-state index in [1.54, 1.807) is 12.3 Å². The molecule has 1 aromatic heterocycles. The monoisotopic (exact) mass is 292 g/mol. The number of hydrogen-bond donors (Lipinski definition) is 0. The Morgan fingerprint density at radius 1 is 1.71 bits per heavy atom. The van der Waals surface area contributed by atoms with Crippen molar-refractivity contribution in [2.24, 2.45) is 0 Å². The second kappa shape index (κ2) is 5.48. The summed E-state index contributed by atoms with van der Waals surface area (Å²) in [6, 6.07) is 1.63. The first-order chi connectivity index (χ1) is 8.16. The molecule has 2 heterocycles. The number of halogens is 1. The fourth-order valence-electron chi connectivity index (χ4n) is 1.63. The van der Waals surface area contributed by atoms with E-state index in [-0.39, 0.29) is 0 Å². The highest BCUT2D eigenvalue weighted by Gasteiger charge is 2.42. The van der Waals surface area contributed by atoms with Crippen molar-refractivity contribution in [1.29, 1.82) is 0 Å². The molecule has 1 aliphatic rings. The van der Waals surface area contributed by atoms with Crippen LogP contribution in [0.4, 0.5) is 0 Å². The molecule has 7 heteroatoms. The van der Waals surface area contributed by atoms with Gasteiger partial charge in [0.05, 0.1) is 13.2 Å². The Balaban J connectivity index is 2.30. The van der Waals surface area contributed by atoms with Crippen LogP contribution in [0.25, 0.3) is 0 Å². The minimum Gasteiger partial charge on any atom is -0.463 e. The Morgan fingerprint density at radius 3 is 3.12 bits per heavy atom. The molecule has 94 valence electrons. The van der Waals surface area contributed by atoms with Crippen molar-refractivity contribution >= 4 is 40.0 Å². The number of rotatable bonds is 2. The van der Waals surface area contributed by atoms with Gasteiger partial charge >= 0.3 is 0 Å². The van der Waals surface area contributed by atoms with Crippen LogP contribution >= 0.6 is 35.6 Å². The van der Waals surface area contributed by atoms with Gasteiger partial charge in [0.2, 0.25) is 0 Å². The van der Waals surface area contributed by atoms with Crippen LogP contribution in [0.15, 0.2) is 12.3 Å². The lowest BCUT2D eigenvalue weighted by atomic mass is 10.0. The van der Waals surface area contributed by atoms with Gasteiger partial charge in [0, 0.05) is 12.6 Å². The first-order valence-electron chi connectivity index (χ1n) is 5.14. The molecule has 0 radical (unpaired) electrons. The smallest absolute Gasteiger partial charge is 0.197 e. The Morgan fingerprint density at radius 2 is 2.53 bits per heavy atom. The van der Waals surface area contributed by atoms with Gasteiger partial charge in [0.1, 0.15) is 5.15 Å². The predicted octanol–water partition coefficient (Wildman–Crippen LogP) is 1.87. The third-order valence-electron chi connectivity index (χ3n) is 2.51. The lowest BCUT2D eigenvalue weighted by molar-refractivity contribution is 0.0357. The Kier molecular flexibility index (Phi) is 4.19. The minimum atomic E-state index is -0.662. The molecule has 1 atom stereocenters. The maximum Gasteiger partial charge on any atom is 0.197 e. The molecule has 1 aromatic rings. The molecular weight excluding hydrogens is 280 g/mol. The molecule has 0 amide bonds. The van der Waals surface area contributed by atoms with Gasteiger partial charge < -0.3 is 9.47 Å². The molecule has 1 aliphatic heterocycles. The van der Waals surface area contributed by atoms with Crippen LogP contribution < -0.4 is 0 Å². The average molecular weight is 293 g/mol. The molecule has 0 aliphatic carbocycles. The Bertz CT molecular complexity index is 425. The van der Waals surface area contributed by atoms with Crippen molar-refractivity contribution in [3.63, 3.8) is 0 Å². The van der Waals surface area contributed by atoms with Crippen molar-refractivity contribution in [2.75, 3.05) is 19.5 Å². The van der Waals surface area contributed by atoms with E-state index in [0.717, 1.165) is 0 Å². The van der Waals surface area contributed by atoms with Crippen molar-refractivity contribution in [3.8, 4) is 0 Å². The number of nitrogens with zero attached hydrogens (tertiary/aromatic N) is 2. The zero-order valence-corrected chi connectivity index (χ0v) is 11.8. The van der Waals surface area contributed by atoms with Gasteiger partial charge in [-0.15, -0.1) is 0 Å². The van der Waals surface area contributed by atoms with Crippen LogP contribution in [0.2, 0.25) is 5.15 Å². The van der Waals surface area contributed by atoms with E-state index >= 15 is 0 Å². The lowest BCUT2D eigenvalue weighted by Crippen LogP contribution is -2.33. The van der Waals surface area contributed by atoms with Crippen LogP contribution in [0, 0.1) is 0 Å². The summed E-state index contributed by atoms with van der Waals surface area (Å²) in [5, 5.41) is 0.398. The van der Waals surface area contributed by atoms with Crippen LogP contribution in [-0.4, -0.2) is 33.8 Å². The largest absolute Gasteiger partial charge is 0.463 e. The second-order valence-electron chi connectivity index (χ2n) is 3.64. The van der Waals surface area contributed by atoms with Crippen molar-refractivity contribution in [2.45, 2.75) is 12.0 Å². The fraction of sp³-hybridized carbons (Fsp3) is 0.500. The normalized spacial score (nSPS) is 24.8. The molecule has 17 heavy (non-hydrogen) atoms. The zero-order chi connectivity index (χ0) is 12.3. The second-order valence-corrected chi connectivity index (χ2v) is 5.71. The molecule has 0 spiro atoms. The quantitative estimate of drug-likeness (QED) is 0.615. The van der Waals surface area contributed by atoms with Gasteiger partial charge in [0.25, 0.3) is 0 Å². The van der Waals surface area contributed by atoms with E-state index in [4.69, 9.17) is 33.3 Å². The zero-order valence-electron chi connectivity index (χ0n) is 9.27. The first kappa shape index (κ1) is 13.0. The van der Waals surface area contributed by atoms with Gasteiger partial charge in [0.15, 0.2) is 15.8 Å². The molecule has 0 bridgehead atoms. The molecule has 4 nitrogen and oxygen atoms in total. The minimum absolute atomic E-state index is 0.398. The first-order valence-corrected chi connectivity index (χ1v) is 7.42. The SMILES string of the molecule is C[SH2]C(=S)OC1(c2nccc(Cl)n2)CCOC1. The summed E-state index contributed by atoms with van der Waals surface area (Å²) in [6.45, 7) is 1.03. The maximum absolute atomic E-state index is 5.88. The Hall–Kier alpha value is -0.430. The number of hydrogen-bond acceptors (Lipinski definition) is 5. The predicted molar refractivity (Wildman–Crippen MR) is 74.1 cm³/mol. The van der Waals surface area contributed by atoms with Gasteiger partial charge in [-0.2, -0.15) is 11.8 Å². The van der Waals surface area contributed by atoms with E-state index in [2.05, 4.69) is 9.97 Å².